The van der Waals surface area contributed by atoms with Crippen molar-refractivity contribution in [3.05, 3.63) is 29.8 Å². The molecule has 0 aliphatic heterocycles. The van der Waals surface area contributed by atoms with Crippen molar-refractivity contribution in [2.45, 2.75) is 6.42 Å². The second kappa shape index (κ2) is 5.01. The Morgan fingerprint density at radius 1 is 1.47 bits per heavy atom. The average molecular weight is 204 g/mol. The molecule has 4 nitrogen and oxygen atoms in total. The van der Waals surface area contributed by atoms with Crippen molar-refractivity contribution in [2.75, 3.05) is 19.1 Å². The molecule has 0 unspecified atom stereocenters. The highest BCUT2D eigenvalue weighted by atomic mass is 16.5. The molecule has 0 bridgehead atoms. The molecule has 0 saturated heterocycles. The number of anilines is 1. The van der Waals surface area contributed by atoms with E-state index in [-0.39, 0.29) is 12.4 Å². The Morgan fingerprint density at radius 2 is 2.07 bits per heavy atom. The largest absolute Gasteiger partial charge is 0.469 e. The first kappa shape index (κ1) is 11.1. The number of esters is 1. The van der Waals surface area contributed by atoms with Crippen molar-refractivity contribution < 1.29 is 9.53 Å². The van der Waals surface area contributed by atoms with Crippen molar-refractivity contribution >= 4 is 11.7 Å². The van der Waals surface area contributed by atoms with Crippen molar-refractivity contribution in [1.29, 1.82) is 5.26 Å². The monoisotopic (exact) mass is 204 g/mol. The van der Waals surface area contributed by atoms with Gasteiger partial charge < -0.3 is 4.74 Å². The van der Waals surface area contributed by atoms with Crippen LogP contribution in [-0.4, -0.2) is 20.1 Å². The van der Waals surface area contributed by atoms with E-state index in [1.54, 1.807) is 31.3 Å². The molecule has 0 aromatic heterocycles. The summed E-state index contributed by atoms with van der Waals surface area (Å²) in [6, 6.07) is 7.20. The molecule has 0 aliphatic carbocycles. The third kappa shape index (κ3) is 2.99. The lowest BCUT2D eigenvalue weighted by Gasteiger charge is -2.08. The molecule has 0 aliphatic rings. The topological polar surface area (TPSA) is 53.3 Å². The van der Waals surface area contributed by atoms with Crippen LogP contribution in [0.4, 0.5) is 5.69 Å². The van der Waals surface area contributed by atoms with Crippen LogP contribution in [0.2, 0.25) is 0 Å². The molecular weight excluding hydrogens is 192 g/mol. The first-order valence-corrected chi connectivity index (χ1v) is 4.46. The molecule has 0 heterocycles. The van der Waals surface area contributed by atoms with E-state index in [1.165, 1.54) is 12.0 Å². The number of nitrogens with zero attached hydrogens (tertiary/aromatic N) is 2. The minimum Gasteiger partial charge on any atom is -0.469 e. The van der Waals surface area contributed by atoms with E-state index in [9.17, 15) is 4.79 Å². The van der Waals surface area contributed by atoms with Crippen LogP contribution in [0.3, 0.4) is 0 Å². The second-order valence-electron chi connectivity index (χ2n) is 3.08. The lowest BCUT2D eigenvalue weighted by atomic mass is 10.1. The molecule has 0 spiro atoms. The highest BCUT2D eigenvalue weighted by Gasteiger charge is 2.03. The molecule has 0 atom stereocenters. The first-order chi connectivity index (χ1) is 7.17. The number of ether oxygens (including phenoxy) is 1. The molecule has 0 saturated carbocycles. The average Bonchev–Trinajstić information content (AvgIpc) is 2.29. The highest BCUT2D eigenvalue weighted by Crippen LogP contribution is 2.13. The minimum absolute atomic E-state index is 0.257. The van der Waals surface area contributed by atoms with Crippen LogP contribution in [0.5, 0.6) is 0 Å². The smallest absolute Gasteiger partial charge is 0.309 e. The third-order valence-corrected chi connectivity index (χ3v) is 2.05. The van der Waals surface area contributed by atoms with Crippen LogP contribution in [-0.2, 0) is 16.0 Å². The second-order valence-corrected chi connectivity index (χ2v) is 3.08. The van der Waals surface area contributed by atoms with Crippen LogP contribution in [0, 0.1) is 11.5 Å². The zero-order valence-electron chi connectivity index (χ0n) is 8.73. The first-order valence-electron chi connectivity index (χ1n) is 4.46. The number of rotatable bonds is 3. The summed E-state index contributed by atoms with van der Waals surface area (Å²) in [5.41, 5.74) is 1.67. The lowest BCUT2D eigenvalue weighted by Crippen LogP contribution is -2.08. The summed E-state index contributed by atoms with van der Waals surface area (Å²) in [5, 5.41) is 8.64. The highest BCUT2D eigenvalue weighted by molar-refractivity contribution is 5.72. The van der Waals surface area contributed by atoms with Gasteiger partial charge in [0.25, 0.3) is 0 Å². The predicted molar refractivity (Wildman–Crippen MR) is 56.2 cm³/mol. The Kier molecular flexibility index (Phi) is 3.69. The van der Waals surface area contributed by atoms with Gasteiger partial charge in [-0.1, -0.05) is 12.1 Å². The number of methoxy groups -OCH3 is 1. The number of carbonyl (C=O) groups is 1. The number of hydrogen-bond acceptors (Lipinski definition) is 4. The minimum atomic E-state index is -0.267. The Hall–Kier alpha value is -2.02. The Balaban J connectivity index is 2.73. The number of nitriles is 1. The van der Waals surface area contributed by atoms with Crippen LogP contribution in [0.25, 0.3) is 0 Å². The van der Waals surface area contributed by atoms with Gasteiger partial charge in [0, 0.05) is 7.05 Å². The molecule has 4 heteroatoms. The van der Waals surface area contributed by atoms with Crippen LogP contribution in [0.15, 0.2) is 24.3 Å². The summed E-state index contributed by atoms with van der Waals surface area (Å²) in [4.78, 5) is 12.4. The maximum Gasteiger partial charge on any atom is 0.309 e. The van der Waals surface area contributed by atoms with Crippen LogP contribution >= 0.6 is 0 Å². The molecule has 0 N–H and O–H groups in total. The maximum absolute atomic E-state index is 11.0. The summed E-state index contributed by atoms with van der Waals surface area (Å²) < 4.78 is 4.55. The molecule has 0 amide bonds. The van der Waals surface area contributed by atoms with Gasteiger partial charge in [0.05, 0.1) is 19.2 Å². The van der Waals surface area contributed by atoms with Gasteiger partial charge in [-0.2, -0.15) is 5.26 Å². The van der Waals surface area contributed by atoms with Gasteiger partial charge in [-0.3, -0.25) is 9.69 Å². The number of hydrogen-bond donors (Lipinski definition) is 0. The van der Waals surface area contributed by atoms with Crippen molar-refractivity contribution in [1.82, 2.24) is 0 Å². The van der Waals surface area contributed by atoms with Crippen LogP contribution < -0.4 is 4.90 Å². The lowest BCUT2D eigenvalue weighted by molar-refractivity contribution is -0.139. The molecular formula is C11H12N2O2. The predicted octanol–water partition coefficient (Wildman–Crippen LogP) is 1.32. The summed E-state index contributed by atoms with van der Waals surface area (Å²) >= 11 is 0. The fraction of sp³-hybridized carbons (Fsp3) is 0.273. The molecule has 78 valence electrons. The Morgan fingerprint density at radius 3 is 2.53 bits per heavy atom. The van der Waals surface area contributed by atoms with Crippen molar-refractivity contribution in [3.63, 3.8) is 0 Å². The zero-order chi connectivity index (χ0) is 11.3. The number of benzene rings is 1. The molecule has 1 aromatic rings. The standard InChI is InChI=1S/C11H12N2O2/c1-13(8-12)10-5-3-9(4-6-10)7-11(14)15-2/h3-6H,7H2,1-2H3. The van der Waals surface area contributed by atoms with E-state index in [0.717, 1.165) is 11.3 Å². The Labute approximate surface area is 88.7 Å². The summed E-state index contributed by atoms with van der Waals surface area (Å²) in [7, 11) is 3.04. The molecule has 15 heavy (non-hydrogen) atoms. The van der Waals surface area contributed by atoms with Gasteiger partial charge in [0.2, 0.25) is 0 Å². The van der Waals surface area contributed by atoms with Crippen molar-refractivity contribution in [2.24, 2.45) is 0 Å². The van der Waals surface area contributed by atoms with E-state index in [2.05, 4.69) is 4.74 Å². The van der Waals surface area contributed by atoms with E-state index in [1.807, 2.05) is 6.19 Å². The van der Waals surface area contributed by atoms with Crippen molar-refractivity contribution in [3.8, 4) is 6.19 Å². The molecule has 0 fully saturated rings. The van der Waals surface area contributed by atoms with Gasteiger partial charge in [-0.15, -0.1) is 0 Å². The summed E-state index contributed by atoms with van der Waals surface area (Å²) in [5.74, 6) is -0.267. The molecule has 1 rings (SSSR count). The van der Waals surface area contributed by atoms with Gasteiger partial charge in [0.15, 0.2) is 6.19 Å². The van der Waals surface area contributed by atoms with E-state index < -0.39 is 0 Å². The fourth-order valence-corrected chi connectivity index (χ4v) is 1.13. The summed E-state index contributed by atoms with van der Waals surface area (Å²) in [6.45, 7) is 0. The number of carbonyl (C=O) groups excluding carboxylic acids is 1. The van der Waals surface area contributed by atoms with E-state index in [4.69, 9.17) is 5.26 Å². The Bertz CT molecular complexity index is 379. The normalized spacial score (nSPS) is 9.13. The van der Waals surface area contributed by atoms with Gasteiger partial charge >= 0.3 is 5.97 Å². The molecule has 1 aromatic carbocycles. The summed E-state index contributed by atoms with van der Waals surface area (Å²) in [6.07, 6.45) is 2.25. The SMILES string of the molecule is COC(=O)Cc1ccc(N(C)C#N)cc1. The van der Waals surface area contributed by atoms with Gasteiger partial charge in [0.1, 0.15) is 0 Å². The quantitative estimate of drug-likeness (QED) is 0.423. The van der Waals surface area contributed by atoms with E-state index in [0.29, 0.717) is 0 Å². The van der Waals surface area contributed by atoms with Gasteiger partial charge in [-0.25, -0.2) is 0 Å². The van der Waals surface area contributed by atoms with Crippen LogP contribution in [0.1, 0.15) is 5.56 Å². The fourth-order valence-electron chi connectivity index (χ4n) is 1.13. The molecule has 0 radical (unpaired) electrons. The third-order valence-electron chi connectivity index (χ3n) is 2.05. The van der Waals surface area contributed by atoms with Gasteiger partial charge in [-0.05, 0) is 17.7 Å². The maximum atomic E-state index is 11.0. The van der Waals surface area contributed by atoms with E-state index >= 15 is 0 Å². The zero-order valence-corrected chi connectivity index (χ0v) is 8.73.